The molecule has 0 aromatic carbocycles. The summed E-state index contributed by atoms with van der Waals surface area (Å²) in [5.74, 6) is 2.76. The van der Waals surface area contributed by atoms with Gasteiger partial charge in [0.05, 0.1) is 0 Å². The van der Waals surface area contributed by atoms with Gasteiger partial charge in [0.2, 0.25) is 0 Å². The maximum atomic E-state index is 2.43. The van der Waals surface area contributed by atoms with E-state index < -0.39 is 0 Å². The van der Waals surface area contributed by atoms with E-state index in [2.05, 4.69) is 34.6 Å². The Hall–Kier alpha value is 0. The monoisotopic (exact) mass is 198 g/mol. The van der Waals surface area contributed by atoms with Crippen LogP contribution in [0.15, 0.2) is 0 Å². The molecule has 0 radical (unpaired) electrons. The lowest BCUT2D eigenvalue weighted by atomic mass is 9.84. The van der Waals surface area contributed by atoms with Gasteiger partial charge in [0.25, 0.3) is 0 Å². The van der Waals surface area contributed by atoms with Crippen LogP contribution in [0.1, 0.15) is 73.1 Å². The van der Waals surface area contributed by atoms with E-state index in [1.807, 2.05) is 0 Å². The molecule has 0 N–H and O–H groups in total. The molecule has 0 aliphatic rings. The van der Waals surface area contributed by atoms with Crippen LogP contribution >= 0.6 is 0 Å². The minimum absolute atomic E-state index is 0.906. The topological polar surface area (TPSA) is 0 Å². The highest BCUT2D eigenvalue weighted by molar-refractivity contribution is 4.64. The van der Waals surface area contributed by atoms with Crippen LogP contribution in [0.4, 0.5) is 0 Å². The van der Waals surface area contributed by atoms with Crippen LogP contribution in [0.5, 0.6) is 0 Å². The van der Waals surface area contributed by atoms with Crippen LogP contribution in [0.3, 0.4) is 0 Å². The Kier molecular flexibility index (Phi) is 8.32. The Balaban J connectivity index is 3.54. The molecule has 0 saturated carbocycles. The van der Waals surface area contributed by atoms with Gasteiger partial charge in [-0.2, -0.15) is 0 Å². The lowest BCUT2D eigenvalue weighted by Crippen LogP contribution is -2.11. The molecular formula is C14H30. The van der Waals surface area contributed by atoms with Gasteiger partial charge in [-0.15, -0.1) is 0 Å². The second-order valence-electron chi connectivity index (χ2n) is 5.20. The van der Waals surface area contributed by atoms with Crippen molar-refractivity contribution in [2.45, 2.75) is 73.1 Å². The van der Waals surface area contributed by atoms with Crippen molar-refractivity contribution in [3.8, 4) is 0 Å². The molecule has 0 rings (SSSR count). The fourth-order valence-corrected chi connectivity index (χ4v) is 2.13. The predicted molar refractivity (Wildman–Crippen MR) is 66.5 cm³/mol. The molecule has 0 heterocycles. The molecule has 0 aromatic heterocycles. The maximum absolute atomic E-state index is 2.43. The number of hydrogen-bond acceptors (Lipinski definition) is 0. The zero-order chi connectivity index (χ0) is 11.0. The lowest BCUT2D eigenvalue weighted by Gasteiger charge is -2.22. The molecule has 0 aromatic rings. The van der Waals surface area contributed by atoms with Crippen molar-refractivity contribution < 1.29 is 0 Å². The summed E-state index contributed by atoms with van der Waals surface area (Å²) in [6, 6.07) is 0. The summed E-state index contributed by atoms with van der Waals surface area (Å²) in [6.45, 7) is 11.8. The SMILES string of the molecule is CCCCCC(C)CC(C)C(C)CC. The molecule has 3 atom stereocenters. The Morgan fingerprint density at radius 1 is 0.857 bits per heavy atom. The third kappa shape index (κ3) is 6.45. The first-order valence-corrected chi connectivity index (χ1v) is 6.61. The van der Waals surface area contributed by atoms with E-state index in [1.54, 1.807) is 0 Å². The van der Waals surface area contributed by atoms with E-state index in [1.165, 1.54) is 38.5 Å². The zero-order valence-corrected chi connectivity index (χ0v) is 11.0. The molecule has 86 valence electrons. The maximum Gasteiger partial charge on any atom is -0.0415 e. The summed E-state index contributed by atoms with van der Waals surface area (Å²) in [5.41, 5.74) is 0. The molecule has 0 fully saturated rings. The third-order valence-corrected chi connectivity index (χ3v) is 3.69. The normalized spacial score (nSPS) is 17.8. The van der Waals surface area contributed by atoms with Crippen LogP contribution in [0.25, 0.3) is 0 Å². The van der Waals surface area contributed by atoms with E-state index in [4.69, 9.17) is 0 Å². The van der Waals surface area contributed by atoms with Crippen molar-refractivity contribution in [2.24, 2.45) is 17.8 Å². The summed E-state index contributed by atoms with van der Waals surface area (Å²) in [5, 5.41) is 0. The van der Waals surface area contributed by atoms with Crippen molar-refractivity contribution in [1.82, 2.24) is 0 Å². The molecule has 0 nitrogen and oxygen atoms in total. The lowest BCUT2D eigenvalue weighted by molar-refractivity contribution is 0.295. The zero-order valence-electron chi connectivity index (χ0n) is 11.0. The molecule has 0 spiro atoms. The van der Waals surface area contributed by atoms with Crippen molar-refractivity contribution in [2.75, 3.05) is 0 Å². The first-order chi connectivity index (χ1) is 6.61. The predicted octanol–water partition coefficient (Wildman–Crippen LogP) is 5.28. The number of unbranched alkanes of at least 4 members (excludes halogenated alkanes) is 2. The molecular weight excluding hydrogens is 168 g/mol. The minimum Gasteiger partial charge on any atom is -0.0654 e. The van der Waals surface area contributed by atoms with Crippen LogP contribution in [0.2, 0.25) is 0 Å². The van der Waals surface area contributed by atoms with Gasteiger partial charge in [-0.1, -0.05) is 66.7 Å². The molecule has 0 heteroatoms. The van der Waals surface area contributed by atoms with Gasteiger partial charge in [-0.25, -0.2) is 0 Å². The Bertz CT molecular complexity index is 117. The summed E-state index contributed by atoms with van der Waals surface area (Å²) in [6.07, 6.45) is 8.41. The van der Waals surface area contributed by atoms with Gasteiger partial charge < -0.3 is 0 Å². The first-order valence-electron chi connectivity index (χ1n) is 6.61. The molecule has 0 aliphatic carbocycles. The standard InChI is InChI=1S/C14H30/c1-6-8-9-10-12(3)11-14(5)13(4)7-2/h12-14H,6-11H2,1-5H3. The van der Waals surface area contributed by atoms with Crippen molar-refractivity contribution in [1.29, 1.82) is 0 Å². The second-order valence-corrected chi connectivity index (χ2v) is 5.20. The molecule has 0 saturated heterocycles. The highest BCUT2D eigenvalue weighted by Gasteiger charge is 2.13. The Morgan fingerprint density at radius 2 is 1.50 bits per heavy atom. The highest BCUT2D eigenvalue weighted by atomic mass is 14.2. The van der Waals surface area contributed by atoms with Crippen molar-refractivity contribution >= 4 is 0 Å². The van der Waals surface area contributed by atoms with Crippen molar-refractivity contribution in [3.05, 3.63) is 0 Å². The fourth-order valence-electron chi connectivity index (χ4n) is 2.13. The van der Waals surface area contributed by atoms with E-state index >= 15 is 0 Å². The Morgan fingerprint density at radius 3 is 2.00 bits per heavy atom. The van der Waals surface area contributed by atoms with Gasteiger partial charge in [0, 0.05) is 0 Å². The van der Waals surface area contributed by atoms with Crippen LogP contribution < -0.4 is 0 Å². The molecule has 0 amide bonds. The van der Waals surface area contributed by atoms with Crippen LogP contribution in [-0.4, -0.2) is 0 Å². The molecule has 0 aliphatic heterocycles. The Labute approximate surface area is 91.5 Å². The number of hydrogen-bond donors (Lipinski definition) is 0. The van der Waals surface area contributed by atoms with Gasteiger partial charge in [0.15, 0.2) is 0 Å². The summed E-state index contributed by atoms with van der Waals surface area (Å²) >= 11 is 0. The number of rotatable bonds is 8. The fraction of sp³-hybridized carbons (Fsp3) is 1.00. The molecule has 14 heavy (non-hydrogen) atoms. The van der Waals surface area contributed by atoms with Gasteiger partial charge in [-0.3, -0.25) is 0 Å². The smallest absolute Gasteiger partial charge is 0.0415 e. The minimum atomic E-state index is 0.906. The van der Waals surface area contributed by atoms with E-state index in [9.17, 15) is 0 Å². The van der Waals surface area contributed by atoms with Crippen molar-refractivity contribution in [3.63, 3.8) is 0 Å². The van der Waals surface area contributed by atoms with Gasteiger partial charge >= 0.3 is 0 Å². The van der Waals surface area contributed by atoms with Gasteiger partial charge in [-0.05, 0) is 24.2 Å². The van der Waals surface area contributed by atoms with E-state index in [-0.39, 0.29) is 0 Å². The average molecular weight is 198 g/mol. The van der Waals surface area contributed by atoms with Crippen LogP contribution in [0, 0.1) is 17.8 Å². The second kappa shape index (κ2) is 8.32. The van der Waals surface area contributed by atoms with Gasteiger partial charge in [0.1, 0.15) is 0 Å². The third-order valence-electron chi connectivity index (χ3n) is 3.69. The average Bonchev–Trinajstić information content (AvgIpc) is 2.16. The van der Waals surface area contributed by atoms with Crippen LogP contribution in [-0.2, 0) is 0 Å². The quantitative estimate of drug-likeness (QED) is 0.466. The van der Waals surface area contributed by atoms with E-state index in [0.717, 1.165) is 17.8 Å². The first kappa shape index (κ1) is 14.0. The molecule has 3 unspecified atom stereocenters. The summed E-state index contributed by atoms with van der Waals surface area (Å²) in [4.78, 5) is 0. The molecule has 0 bridgehead atoms. The summed E-state index contributed by atoms with van der Waals surface area (Å²) < 4.78 is 0. The largest absolute Gasteiger partial charge is 0.0654 e. The van der Waals surface area contributed by atoms with E-state index in [0.29, 0.717) is 0 Å². The highest BCUT2D eigenvalue weighted by Crippen LogP contribution is 2.25. The summed E-state index contributed by atoms with van der Waals surface area (Å²) in [7, 11) is 0.